The molecule has 1 N–H and O–H groups in total. The highest BCUT2D eigenvalue weighted by Crippen LogP contribution is 2.25. The number of rotatable bonds is 2. The molecule has 0 saturated heterocycles. The zero-order valence-electron chi connectivity index (χ0n) is 12.4. The summed E-state index contributed by atoms with van der Waals surface area (Å²) in [4.78, 5) is 15.9. The fourth-order valence-electron chi connectivity index (χ4n) is 2.61. The smallest absolute Gasteiger partial charge is 0.341 e. The lowest BCUT2D eigenvalue weighted by atomic mass is 10.1. The van der Waals surface area contributed by atoms with Crippen LogP contribution in [0.3, 0.4) is 0 Å². The van der Waals surface area contributed by atoms with Gasteiger partial charge in [-0.15, -0.1) is 0 Å². The minimum Gasteiger partial charge on any atom is -0.477 e. The highest BCUT2D eigenvalue weighted by Gasteiger charge is 2.22. The van der Waals surface area contributed by atoms with Gasteiger partial charge in [-0.1, -0.05) is 0 Å². The van der Waals surface area contributed by atoms with E-state index < -0.39 is 5.97 Å². The summed E-state index contributed by atoms with van der Waals surface area (Å²) in [5, 5.41) is 13.7. The van der Waals surface area contributed by atoms with E-state index >= 15 is 0 Å². The molecule has 21 heavy (non-hydrogen) atoms. The average molecular weight is 284 g/mol. The number of aryl methyl sites for hydroxylation is 4. The normalized spacial score (nSPS) is 11.2. The number of imidazole rings is 1. The van der Waals surface area contributed by atoms with Gasteiger partial charge in [-0.05, 0) is 44.0 Å². The number of carboxylic acid groups (broad SMARTS) is 1. The number of benzene rings is 1. The number of carbonyl (C=O) groups is 1. The van der Waals surface area contributed by atoms with Crippen LogP contribution in [0.25, 0.3) is 16.9 Å². The van der Waals surface area contributed by atoms with Crippen molar-refractivity contribution in [3.8, 4) is 5.82 Å². The van der Waals surface area contributed by atoms with E-state index in [-0.39, 0.29) is 5.56 Å². The van der Waals surface area contributed by atoms with Crippen molar-refractivity contribution in [2.75, 3.05) is 0 Å². The molecular weight excluding hydrogens is 268 g/mol. The van der Waals surface area contributed by atoms with Crippen molar-refractivity contribution in [3.63, 3.8) is 0 Å². The van der Waals surface area contributed by atoms with Gasteiger partial charge in [-0.25, -0.2) is 9.78 Å². The number of hydrogen-bond acceptors (Lipinski definition) is 3. The monoisotopic (exact) mass is 284 g/mol. The fraction of sp³-hybridized carbons (Fsp3) is 0.267. The molecule has 0 radical (unpaired) electrons. The predicted molar refractivity (Wildman–Crippen MR) is 79.0 cm³/mol. The highest BCUT2D eigenvalue weighted by molar-refractivity contribution is 5.93. The first-order chi connectivity index (χ1) is 9.90. The molecule has 0 amide bonds. The van der Waals surface area contributed by atoms with E-state index in [4.69, 9.17) is 0 Å². The Labute approximate surface area is 121 Å². The van der Waals surface area contributed by atoms with Gasteiger partial charge in [0.2, 0.25) is 0 Å². The van der Waals surface area contributed by atoms with Crippen LogP contribution in [-0.2, 0) is 7.05 Å². The zero-order chi connectivity index (χ0) is 15.3. The predicted octanol–water partition coefficient (Wildman–Crippen LogP) is 2.38. The third-order valence-corrected chi connectivity index (χ3v) is 3.80. The summed E-state index contributed by atoms with van der Waals surface area (Å²) in [6.07, 6.45) is 1.65. The lowest BCUT2D eigenvalue weighted by Crippen LogP contribution is -2.08. The maximum atomic E-state index is 11.5. The number of aromatic carboxylic acids is 1. The molecule has 0 aliphatic heterocycles. The van der Waals surface area contributed by atoms with Gasteiger partial charge in [0.1, 0.15) is 11.9 Å². The van der Waals surface area contributed by atoms with Gasteiger partial charge >= 0.3 is 5.97 Å². The molecule has 0 saturated carbocycles. The third-order valence-electron chi connectivity index (χ3n) is 3.80. The van der Waals surface area contributed by atoms with E-state index in [0.717, 1.165) is 22.2 Å². The minimum atomic E-state index is -0.985. The number of aromatic nitrogens is 4. The van der Waals surface area contributed by atoms with Crippen molar-refractivity contribution in [1.29, 1.82) is 0 Å². The standard InChI is InChI=1S/C15H16N4O2/c1-8-5-11-12(6-9(8)2)19(7-16-11)14-13(15(20)21)10(3)17-18(14)4/h5-7H,1-4H3,(H,20,21). The molecule has 6 heteroatoms. The van der Waals surface area contributed by atoms with Gasteiger partial charge in [0.05, 0.1) is 16.7 Å². The lowest BCUT2D eigenvalue weighted by Gasteiger charge is -2.07. The molecule has 0 aliphatic rings. The number of nitrogens with zero attached hydrogens (tertiary/aromatic N) is 4. The van der Waals surface area contributed by atoms with Gasteiger partial charge < -0.3 is 5.11 Å². The van der Waals surface area contributed by atoms with Gasteiger partial charge in [0.25, 0.3) is 0 Å². The van der Waals surface area contributed by atoms with Crippen molar-refractivity contribution >= 4 is 17.0 Å². The maximum Gasteiger partial charge on any atom is 0.341 e. The molecule has 1 aromatic carbocycles. The molecular formula is C15H16N4O2. The summed E-state index contributed by atoms with van der Waals surface area (Å²) in [5.41, 5.74) is 4.71. The molecule has 108 valence electrons. The molecule has 3 rings (SSSR count). The maximum absolute atomic E-state index is 11.5. The average Bonchev–Trinajstić information content (AvgIpc) is 2.90. The molecule has 0 atom stereocenters. The van der Waals surface area contributed by atoms with Gasteiger partial charge in [0, 0.05) is 7.05 Å². The highest BCUT2D eigenvalue weighted by atomic mass is 16.4. The number of carboxylic acids is 1. The van der Waals surface area contributed by atoms with Crippen LogP contribution >= 0.6 is 0 Å². The minimum absolute atomic E-state index is 0.204. The Hall–Kier alpha value is -2.63. The Kier molecular flexibility index (Phi) is 2.83. The van der Waals surface area contributed by atoms with E-state index in [9.17, 15) is 9.90 Å². The zero-order valence-corrected chi connectivity index (χ0v) is 12.4. The molecule has 2 heterocycles. The summed E-state index contributed by atoms with van der Waals surface area (Å²) in [6.45, 7) is 5.75. The van der Waals surface area contributed by atoms with Crippen molar-refractivity contribution in [3.05, 3.63) is 40.8 Å². The molecule has 0 unspecified atom stereocenters. The van der Waals surface area contributed by atoms with Crippen LogP contribution in [0.2, 0.25) is 0 Å². The Balaban J connectivity index is 2.36. The first-order valence-electron chi connectivity index (χ1n) is 6.61. The molecule has 0 bridgehead atoms. The van der Waals surface area contributed by atoms with Gasteiger partial charge in [0.15, 0.2) is 5.82 Å². The largest absolute Gasteiger partial charge is 0.477 e. The van der Waals surface area contributed by atoms with E-state index in [1.54, 1.807) is 29.5 Å². The summed E-state index contributed by atoms with van der Waals surface area (Å²) in [5.74, 6) is -0.466. The fourth-order valence-corrected chi connectivity index (χ4v) is 2.61. The van der Waals surface area contributed by atoms with Gasteiger partial charge in [-0.2, -0.15) is 5.10 Å². The van der Waals surface area contributed by atoms with Crippen LogP contribution in [0.1, 0.15) is 27.2 Å². The van der Waals surface area contributed by atoms with E-state index in [0.29, 0.717) is 11.5 Å². The molecule has 0 spiro atoms. The third kappa shape index (κ3) is 1.91. The van der Waals surface area contributed by atoms with Crippen LogP contribution < -0.4 is 0 Å². The molecule has 0 aliphatic carbocycles. The summed E-state index contributed by atoms with van der Waals surface area (Å²) in [6, 6.07) is 4.02. The lowest BCUT2D eigenvalue weighted by molar-refractivity contribution is 0.0696. The first kappa shape index (κ1) is 13.4. The number of hydrogen-bond donors (Lipinski definition) is 1. The molecule has 6 nitrogen and oxygen atoms in total. The van der Waals surface area contributed by atoms with Crippen LogP contribution in [0.15, 0.2) is 18.5 Å². The SMILES string of the molecule is Cc1cc2ncn(-c3c(C(=O)O)c(C)nn3C)c2cc1C. The Morgan fingerprint density at radius 2 is 1.86 bits per heavy atom. The second-order valence-corrected chi connectivity index (χ2v) is 5.25. The summed E-state index contributed by atoms with van der Waals surface area (Å²) >= 11 is 0. The Morgan fingerprint density at radius 3 is 2.52 bits per heavy atom. The second kappa shape index (κ2) is 4.44. The van der Waals surface area contributed by atoms with Crippen molar-refractivity contribution in [2.24, 2.45) is 7.05 Å². The quantitative estimate of drug-likeness (QED) is 0.784. The van der Waals surface area contributed by atoms with Gasteiger partial charge in [-0.3, -0.25) is 9.25 Å². The van der Waals surface area contributed by atoms with Crippen LogP contribution in [-0.4, -0.2) is 30.4 Å². The topological polar surface area (TPSA) is 72.9 Å². The Bertz CT molecular complexity index is 874. The Morgan fingerprint density at radius 1 is 1.19 bits per heavy atom. The molecule has 2 aromatic heterocycles. The second-order valence-electron chi connectivity index (χ2n) is 5.25. The summed E-state index contributed by atoms with van der Waals surface area (Å²) in [7, 11) is 1.74. The van der Waals surface area contributed by atoms with Crippen LogP contribution in [0.5, 0.6) is 0 Å². The van der Waals surface area contributed by atoms with E-state index in [2.05, 4.69) is 10.1 Å². The number of fused-ring (bicyclic) bond motifs is 1. The molecule has 0 fully saturated rings. The first-order valence-corrected chi connectivity index (χ1v) is 6.61. The van der Waals surface area contributed by atoms with Crippen LogP contribution in [0.4, 0.5) is 0 Å². The van der Waals surface area contributed by atoms with Crippen LogP contribution in [0, 0.1) is 20.8 Å². The van der Waals surface area contributed by atoms with Crippen molar-refractivity contribution < 1.29 is 9.90 Å². The van der Waals surface area contributed by atoms with Crippen molar-refractivity contribution in [1.82, 2.24) is 19.3 Å². The van der Waals surface area contributed by atoms with E-state index in [1.807, 2.05) is 26.0 Å². The van der Waals surface area contributed by atoms with E-state index in [1.165, 1.54) is 0 Å². The summed E-state index contributed by atoms with van der Waals surface area (Å²) < 4.78 is 3.36. The van der Waals surface area contributed by atoms with Crippen molar-refractivity contribution in [2.45, 2.75) is 20.8 Å². The molecule has 3 aromatic rings.